The van der Waals surface area contributed by atoms with Crippen LogP contribution in [-0.4, -0.2) is 25.2 Å². The number of methoxy groups -OCH3 is 1. The largest absolute Gasteiger partial charge is 0.508 e. The molecule has 0 atom stereocenters. The van der Waals surface area contributed by atoms with Crippen LogP contribution >= 0.6 is 0 Å². The molecule has 0 unspecified atom stereocenters. The Bertz CT molecular complexity index is 630. The molecule has 21 heavy (non-hydrogen) atoms. The zero-order valence-electron chi connectivity index (χ0n) is 12.0. The second-order valence-electron chi connectivity index (χ2n) is 4.52. The van der Waals surface area contributed by atoms with Crippen molar-refractivity contribution < 1.29 is 14.6 Å². The Morgan fingerprint density at radius 1 is 1.10 bits per heavy atom. The highest BCUT2D eigenvalue weighted by molar-refractivity contribution is 6.03. The van der Waals surface area contributed by atoms with Gasteiger partial charge >= 0.3 is 0 Å². The van der Waals surface area contributed by atoms with Crippen molar-refractivity contribution in [2.24, 2.45) is 0 Å². The summed E-state index contributed by atoms with van der Waals surface area (Å²) in [6.07, 6.45) is 3.26. The zero-order chi connectivity index (χ0) is 15.2. The third kappa shape index (κ3) is 3.86. The first-order chi connectivity index (χ1) is 10.1. The number of aromatic hydroxyl groups is 1. The molecule has 0 fully saturated rings. The van der Waals surface area contributed by atoms with E-state index in [4.69, 9.17) is 4.74 Å². The van der Waals surface area contributed by atoms with E-state index in [1.54, 1.807) is 44.5 Å². The number of carbonyl (C=O) groups is 1. The second kappa shape index (κ2) is 6.61. The van der Waals surface area contributed by atoms with Crippen LogP contribution in [0.15, 0.2) is 54.6 Å². The molecule has 4 nitrogen and oxygen atoms in total. The molecule has 0 spiro atoms. The van der Waals surface area contributed by atoms with Gasteiger partial charge in [0.1, 0.15) is 11.5 Å². The predicted molar refractivity (Wildman–Crippen MR) is 83.5 cm³/mol. The molecule has 1 N–H and O–H groups in total. The zero-order valence-corrected chi connectivity index (χ0v) is 12.0. The highest BCUT2D eigenvalue weighted by Gasteiger charge is 2.07. The molecule has 0 radical (unpaired) electrons. The van der Waals surface area contributed by atoms with E-state index < -0.39 is 0 Å². The lowest BCUT2D eigenvalue weighted by Gasteiger charge is -2.15. The molecule has 2 aromatic rings. The lowest BCUT2D eigenvalue weighted by atomic mass is 10.2. The second-order valence-corrected chi connectivity index (χ2v) is 4.52. The maximum atomic E-state index is 12.1. The first-order valence-electron chi connectivity index (χ1n) is 6.49. The minimum Gasteiger partial charge on any atom is -0.508 e. The molecule has 0 saturated heterocycles. The number of amides is 1. The molecule has 0 aliphatic carbocycles. The summed E-state index contributed by atoms with van der Waals surface area (Å²) in [4.78, 5) is 13.6. The number of nitrogens with zero attached hydrogens (tertiary/aromatic N) is 1. The van der Waals surface area contributed by atoms with Gasteiger partial charge < -0.3 is 14.7 Å². The minimum absolute atomic E-state index is 0.142. The van der Waals surface area contributed by atoms with Crippen molar-refractivity contribution in [2.75, 3.05) is 19.1 Å². The molecule has 0 bridgehead atoms. The molecule has 4 heteroatoms. The summed E-state index contributed by atoms with van der Waals surface area (Å²) < 4.78 is 5.08. The Labute approximate surface area is 123 Å². The van der Waals surface area contributed by atoms with Crippen LogP contribution < -0.4 is 9.64 Å². The molecule has 0 aliphatic rings. The van der Waals surface area contributed by atoms with Crippen LogP contribution in [0.25, 0.3) is 6.08 Å². The van der Waals surface area contributed by atoms with Gasteiger partial charge in [-0.15, -0.1) is 0 Å². The first-order valence-corrected chi connectivity index (χ1v) is 6.49. The van der Waals surface area contributed by atoms with E-state index in [2.05, 4.69) is 0 Å². The number of phenolic OH excluding ortho intramolecular Hbond substituents is 1. The Balaban J connectivity index is 2.05. The van der Waals surface area contributed by atoms with Crippen molar-refractivity contribution in [1.29, 1.82) is 0 Å². The van der Waals surface area contributed by atoms with Crippen molar-refractivity contribution >= 4 is 17.7 Å². The first kappa shape index (κ1) is 14.7. The molecule has 0 aliphatic heterocycles. The number of phenols is 1. The molecule has 2 rings (SSSR count). The summed E-state index contributed by atoms with van der Waals surface area (Å²) in [6, 6.07) is 13.9. The molecule has 1 amide bonds. The number of benzene rings is 2. The number of anilines is 1. The molecule has 108 valence electrons. The summed E-state index contributed by atoms with van der Waals surface area (Å²) in [5.74, 6) is 0.810. The average Bonchev–Trinajstić information content (AvgIpc) is 2.53. The predicted octanol–water partition coefficient (Wildman–Crippen LogP) is 3.08. The number of ether oxygens (including phenoxy) is 1. The van der Waals surface area contributed by atoms with Crippen molar-refractivity contribution in [3.8, 4) is 11.5 Å². The van der Waals surface area contributed by atoms with Gasteiger partial charge in [0.25, 0.3) is 5.91 Å². The minimum atomic E-state index is -0.142. The number of rotatable bonds is 4. The summed E-state index contributed by atoms with van der Waals surface area (Å²) in [5.41, 5.74) is 1.64. The molecular weight excluding hydrogens is 266 g/mol. The van der Waals surface area contributed by atoms with Crippen molar-refractivity contribution in [3.05, 3.63) is 60.2 Å². The number of likely N-dealkylation sites (N-methyl/N-ethyl adjacent to an activating group) is 1. The number of carbonyl (C=O) groups excluding carboxylic acids is 1. The molecule has 0 aromatic heterocycles. The van der Waals surface area contributed by atoms with Crippen LogP contribution in [0.2, 0.25) is 0 Å². The Hall–Kier alpha value is -2.75. The van der Waals surface area contributed by atoms with E-state index in [1.165, 1.54) is 11.0 Å². The third-order valence-electron chi connectivity index (χ3n) is 3.10. The van der Waals surface area contributed by atoms with E-state index in [0.29, 0.717) is 0 Å². The van der Waals surface area contributed by atoms with Crippen LogP contribution in [0, 0.1) is 0 Å². The smallest absolute Gasteiger partial charge is 0.250 e. The monoisotopic (exact) mass is 283 g/mol. The normalized spacial score (nSPS) is 10.6. The number of hydrogen-bond donors (Lipinski definition) is 1. The summed E-state index contributed by atoms with van der Waals surface area (Å²) >= 11 is 0. The van der Waals surface area contributed by atoms with Crippen molar-refractivity contribution in [1.82, 2.24) is 0 Å². The molecular formula is C17H17NO3. The van der Waals surface area contributed by atoms with E-state index in [-0.39, 0.29) is 11.7 Å². The van der Waals surface area contributed by atoms with Gasteiger partial charge in [0.15, 0.2) is 0 Å². The van der Waals surface area contributed by atoms with Gasteiger partial charge in [-0.05, 0) is 48.0 Å². The fraction of sp³-hybridized carbons (Fsp3) is 0.118. The van der Waals surface area contributed by atoms with Gasteiger partial charge in [-0.2, -0.15) is 0 Å². The maximum absolute atomic E-state index is 12.1. The Kier molecular flexibility index (Phi) is 4.61. The topological polar surface area (TPSA) is 49.8 Å². The lowest BCUT2D eigenvalue weighted by Crippen LogP contribution is -2.23. The fourth-order valence-corrected chi connectivity index (χ4v) is 1.80. The van der Waals surface area contributed by atoms with E-state index in [9.17, 15) is 9.90 Å². The quantitative estimate of drug-likeness (QED) is 0.877. The number of hydrogen-bond acceptors (Lipinski definition) is 3. The van der Waals surface area contributed by atoms with Gasteiger partial charge in [0.2, 0.25) is 0 Å². The Morgan fingerprint density at radius 2 is 1.71 bits per heavy atom. The Morgan fingerprint density at radius 3 is 2.29 bits per heavy atom. The van der Waals surface area contributed by atoms with Gasteiger partial charge in [0, 0.05) is 18.8 Å². The molecule has 0 saturated carbocycles. The summed E-state index contributed by atoms with van der Waals surface area (Å²) in [5, 5.41) is 9.24. The van der Waals surface area contributed by atoms with Crippen LogP contribution in [0.4, 0.5) is 5.69 Å². The lowest BCUT2D eigenvalue weighted by molar-refractivity contribution is -0.113. The van der Waals surface area contributed by atoms with Crippen LogP contribution in [0.5, 0.6) is 11.5 Å². The van der Waals surface area contributed by atoms with Crippen molar-refractivity contribution in [2.45, 2.75) is 0 Å². The van der Waals surface area contributed by atoms with Crippen LogP contribution in [0.3, 0.4) is 0 Å². The van der Waals surface area contributed by atoms with E-state index in [1.807, 2.05) is 24.3 Å². The SMILES string of the molecule is COc1ccc(/C=C/C(=O)N(C)c2ccc(O)cc2)cc1. The standard InChI is InChI=1S/C17H17NO3/c1-18(14-6-8-15(19)9-7-14)17(20)12-5-13-3-10-16(21-2)11-4-13/h3-12,19H,1-2H3/b12-5+. The third-order valence-corrected chi connectivity index (χ3v) is 3.10. The molecule has 2 aromatic carbocycles. The highest BCUT2D eigenvalue weighted by Crippen LogP contribution is 2.18. The van der Waals surface area contributed by atoms with Gasteiger partial charge in [-0.3, -0.25) is 4.79 Å². The van der Waals surface area contributed by atoms with Crippen LogP contribution in [-0.2, 0) is 4.79 Å². The van der Waals surface area contributed by atoms with E-state index in [0.717, 1.165) is 17.0 Å². The highest BCUT2D eigenvalue weighted by atomic mass is 16.5. The summed E-state index contributed by atoms with van der Waals surface area (Å²) in [7, 11) is 3.30. The van der Waals surface area contributed by atoms with Gasteiger partial charge in [-0.25, -0.2) is 0 Å². The van der Waals surface area contributed by atoms with Crippen LogP contribution in [0.1, 0.15) is 5.56 Å². The van der Waals surface area contributed by atoms with E-state index >= 15 is 0 Å². The van der Waals surface area contributed by atoms with Gasteiger partial charge in [-0.1, -0.05) is 12.1 Å². The van der Waals surface area contributed by atoms with Crippen molar-refractivity contribution in [3.63, 3.8) is 0 Å². The fourth-order valence-electron chi connectivity index (χ4n) is 1.80. The average molecular weight is 283 g/mol. The maximum Gasteiger partial charge on any atom is 0.250 e. The van der Waals surface area contributed by atoms with Gasteiger partial charge in [0.05, 0.1) is 7.11 Å². The summed E-state index contributed by atoms with van der Waals surface area (Å²) in [6.45, 7) is 0. The molecule has 0 heterocycles.